The Balaban J connectivity index is 5.28. The van der Waals surface area contributed by atoms with E-state index in [-0.39, 0.29) is 0 Å². The van der Waals surface area contributed by atoms with Crippen molar-refractivity contribution in [2.24, 2.45) is 11.3 Å². The SMILES string of the molecule is O=C(O)C=CC(C=CC(=O)O)C(CO)(CO)CO. The fourth-order valence-electron chi connectivity index (χ4n) is 1.31. The first kappa shape index (κ1) is 16.3. The summed E-state index contributed by atoms with van der Waals surface area (Å²) >= 11 is 0. The maximum atomic E-state index is 10.4. The smallest absolute Gasteiger partial charge is 0.327 e. The molecule has 0 heterocycles. The monoisotopic (exact) mass is 260 g/mol. The number of hydrogen-bond acceptors (Lipinski definition) is 5. The van der Waals surface area contributed by atoms with E-state index in [4.69, 9.17) is 10.2 Å². The zero-order valence-electron chi connectivity index (χ0n) is 9.56. The van der Waals surface area contributed by atoms with Crippen LogP contribution in [0.1, 0.15) is 0 Å². The molecule has 0 bridgehead atoms. The van der Waals surface area contributed by atoms with Gasteiger partial charge in [-0.05, 0) is 0 Å². The molecule has 102 valence electrons. The third-order valence-corrected chi connectivity index (χ3v) is 2.54. The van der Waals surface area contributed by atoms with Crippen molar-refractivity contribution in [3.05, 3.63) is 24.3 Å². The lowest BCUT2D eigenvalue weighted by Crippen LogP contribution is -2.40. The number of carboxylic acids is 2. The first-order valence-corrected chi connectivity index (χ1v) is 5.06. The van der Waals surface area contributed by atoms with Crippen LogP contribution in [0.4, 0.5) is 0 Å². The number of rotatable bonds is 8. The molecule has 0 aromatic carbocycles. The maximum absolute atomic E-state index is 10.4. The zero-order chi connectivity index (χ0) is 14.2. The van der Waals surface area contributed by atoms with Crippen molar-refractivity contribution in [1.82, 2.24) is 0 Å². The van der Waals surface area contributed by atoms with Gasteiger partial charge in [0, 0.05) is 23.5 Å². The van der Waals surface area contributed by atoms with Crippen molar-refractivity contribution >= 4 is 11.9 Å². The van der Waals surface area contributed by atoms with E-state index in [1.54, 1.807) is 0 Å². The van der Waals surface area contributed by atoms with E-state index in [2.05, 4.69) is 0 Å². The second kappa shape index (κ2) is 7.59. The molecule has 0 aromatic rings. The van der Waals surface area contributed by atoms with Gasteiger partial charge in [-0.2, -0.15) is 0 Å². The minimum absolute atomic E-state index is 0.626. The van der Waals surface area contributed by atoms with Crippen molar-refractivity contribution in [3.8, 4) is 0 Å². The Bertz CT molecular complexity index is 309. The molecule has 0 fully saturated rings. The first-order chi connectivity index (χ1) is 8.41. The molecule has 0 aliphatic rings. The highest BCUT2D eigenvalue weighted by atomic mass is 16.4. The van der Waals surface area contributed by atoms with Crippen LogP contribution in [0.15, 0.2) is 24.3 Å². The van der Waals surface area contributed by atoms with Crippen LogP contribution in [0, 0.1) is 11.3 Å². The first-order valence-electron chi connectivity index (χ1n) is 5.06. The Labute approximate surface area is 103 Å². The molecule has 0 aliphatic carbocycles. The molecular formula is C11H16O7. The molecule has 0 saturated heterocycles. The van der Waals surface area contributed by atoms with E-state index >= 15 is 0 Å². The average Bonchev–Trinajstić information content (AvgIpc) is 2.33. The van der Waals surface area contributed by atoms with Gasteiger partial charge in [0.15, 0.2) is 0 Å². The van der Waals surface area contributed by atoms with Crippen LogP contribution >= 0.6 is 0 Å². The number of aliphatic hydroxyl groups excluding tert-OH is 3. The minimum Gasteiger partial charge on any atom is -0.478 e. The summed E-state index contributed by atoms with van der Waals surface area (Å²) in [5.74, 6) is -3.44. The molecule has 0 amide bonds. The van der Waals surface area contributed by atoms with E-state index in [0.29, 0.717) is 0 Å². The minimum atomic E-state index is -1.42. The van der Waals surface area contributed by atoms with E-state index in [1.807, 2.05) is 0 Å². The molecule has 0 unspecified atom stereocenters. The van der Waals surface area contributed by atoms with Gasteiger partial charge in [0.25, 0.3) is 0 Å². The van der Waals surface area contributed by atoms with Crippen LogP contribution in [0.2, 0.25) is 0 Å². The van der Waals surface area contributed by atoms with Crippen molar-refractivity contribution in [3.63, 3.8) is 0 Å². The fourth-order valence-corrected chi connectivity index (χ4v) is 1.31. The zero-order valence-corrected chi connectivity index (χ0v) is 9.56. The lowest BCUT2D eigenvalue weighted by atomic mass is 9.76. The number of carbonyl (C=O) groups is 2. The lowest BCUT2D eigenvalue weighted by molar-refractivity contribution is -0.132. The molecule has 0 radical (unpaired) electrons. The van der Waals surface area contributed by atoms with Crippen LogP contribution < -0.4 is 0 Å². The predicted octanol–water partition coefficient (Wildman–Crippen LogP) is -1.15. The molecule has 7 nitrogen and oxygen atoms in total. The highest BCUT2D eigenvalue weighted by Crippen LogP contribution is 2.29. The maximum Gasteiger partial charge on any atom is 0.327 e. The van der Waals surface area contributed by atoms with Gasteiger partial charge in [0.05, 0.1) is 19.8 Å². The molecule has 0 saturated carbocycles. The molecular weight excluding hydrogens is 244 g/mol. The Morgan fingerprint density at radius 2 is 1.22 bits per heavy atom. The largest absolute Gasteiger partial charge is 0.478 e. The number of carboxylic acid groups (broad SMARTS) is 2. The standard InChI is InChI=1S/C11H16O7/c12-5-11(6-13,7-14)8(1-3-9(15)16)2-4-10(17)18/h1-4,8,12-14H,5-7H2,(H,15,16)(H,17,18). The Hall–Kier alpha value is -1.70. The third-order valence-electron chi connectivity index (χ3n) is 2.54. The third kappa shape index (κ3) is 4.66. The fraction of sp³-hybridized carbons (Fsp3) is 0.455. The Morgan fingerprint density at radius 3 is 1.44 bits per heavy atom. The van der Waals surface area contributed by atoms with Crippen molar-refractivity contribution in [1.29, 1.82) is 0 Å². The van der Waals surface area contributed by atoms with Gasteiger partial charge in [-0.25, -0.2) is 9.59 Å². The molecule has 0 atom stereocenters. The highest BCUT2D eigenvalue weighted by Gasteiger charge is 2.34. The van der Waals surface area contributed by atoms with Crippen molar-refractivity contribution in [2.75, 3.05) is 19.8 Å². The van der Waals surface area contributed by atoms with E-state index < -0.39 is 43.1 Å². The number of hydrogen-bond donors (Lipinski definition) is 5. The molecule has 0 aliphatic heterocycles. The average molecular weight is 260 g/mol. The van der Waals surface area contributed by atoms with Gasteiger partial charge in [-0.15, -0.1) is 0 Å². The molecule has 5 N–H and O–H groups in total. The molecule has 7 heteroatoms. The molecule has 18 heavy (non-hydrogen) atoms. The van der Waals surface area contributed by atoms with Crippen LogP contribution in [-0.2, 0) is 9.59 Å². The van der Waals surface area contributed by atoms with Gasteiger partial charge in [0.2, 0.25) is 0 Å². The second-order valence-corrected chi connectivity index (χ2v) is 3.76. The summed E-state index contributed by atoms with van der Waals surface area (Å²) in [6.45, 7) is -1.88. The van der Waals surface area contributed by atoms with Gasteiger partial charge >= 0.3 is 11.9 Å². The summed E-state index contributed by atoms with van der Waals surface area (Å²) < 4.78 is 0. The number of aliphatic hydroxyl groups is 3. The van der Waals surface area contributed by atoms with Crippen LogP contribution in [0.25, 0.3) is 0 Å². The van der Waals surface area contributed by atoms with Crippen LogP contribution in [0.5, 0.6) is 0 Å². The van der Waals surface area contributed by atoms with E-state index in [0.717, 1.165) is 24.3 Å². The Morgan fingerprint density at radius 1 is 0.889 bits per heavy atom. The predicted molar refractivity (Wildman–Crippen MR) is 60.7 cm³/mol. The van der Waals surface area contributed by atoms with Gasteiger partial charge < -0.3 is 25.5 Å². The van der Waals surface area contributed by atoms with Crippen LogP contribution in [0.3, 0.4) is 0 Å². The molecule has 0 spiro atoms. The second-order valence-electron chi connectivity index (χ2n) is 3.76. The highest BCUT2D eigenvalue weighted by molar-refractivity contribution is 5.80. The van der Waals surface area contributed by atoms with Crippen molar-refractivity contribution in [2.45, 2.75) is 0 Å². The van der Waals surface area contributed by atoms with Crippen LogP contribution in [-0.4, -0.2) is 57.3 Å². The van der Waals surface area contributed by atoms with E-state index in [9.17, 15) is 24.9 Å². The summed E-state index contributed by atoms with van der Waals surface area (Å²) in [7, 11) is 0. The summed E-state index contributed by atoms with van der Waals surface area (Å²) in [4.78, 5) is 20.8. The van der Waals surface area contributed by atoms with Crippen molar-refractivity contribution < 1.29 is 35.1 Å². The van der Waals surface area contributed by atoms with E-state index in [1.165, 1.54) is 0 Å². The number of aliphatic carboxylic acids is 2. The Kier molecular flexibility index (Phi) is 6.88. The summed E-state index contributed by atoms with van der Waals surface area (Å²) in [6.07, 6.45) is 3.72. The summed E-state index contributed by atoms with van der Waals surface area (Å²) in [6, 6.07) is 0. The summed E-state index contributed by atoms with van der Waals surface area (Å²) in [5, 5.41) is 44.6. The van der Waals surface area contributed by atoms with Gasteiger partial charge in [-0.1, -0.05) is 12.2 Å². The van der Waals surface area contributed by atoms with Gasteiger partial charge in [-0.3, -0.25) is 0 Å². The molecule has 0 aromatic heterocycles. The summed E-state index contributed by atoms with van der Waals surface area (Å²) in [5.41, 5.74) is -1.42. The quantitative estimate of drug-likeness (QED) is 0.347. The number of allylic oxidation sites excluding steroid dienone is 2. The topological polar surface area (TPSA) is 135 Å². The van der Waals surface area contributed by atoms with Gasteiger partial charge in [0.1, 0.15) is 0 Å². The normalized spacial score (nSPS) is 14.2. The molecule has 0 rings (SSSR count). The lowest BCUT2D eigenvalue weighted by Gasteiger charge is -2.32.